The molecule has 29 heavy (non-hydrogen) atoms. The lowest BCUT2D eigenvalue weighted by molar-refractivity contribution is -0.135. The average Bonchev–Trinajstić information content (AvgIpc) is 2.93. The molecule has 1 amide bonds. The Bertz CT molecular complexity index is 780. The van der Waals surface area contributed by atoms with Crippen LogP contribution in [0.1, 0.15) is 69.8 Å². The normalized spacial score (nSPS) is 28.6. The van der Waals surface area contributed by atoms with Crippen molar-refractivity contribution in [2.45, 2.75) is 71.3 Å². The first-order valence-corrected chi connectivity index (χ1v) is 11.6. The van der Waals surface area contributed by atoms with Gasteiger partial charge in [-0.15, -0.1) is 0 Å². The molecule has 2 fully saturated rings. The second kappa shape index (κ2) is 8.99. The molecular weight excluding hydrogens is 364 g/mol. The molecule has 0 N–H and O–H groups in total. The van der Waals surface area contributed by atoms with Gasteiger partial charge >= 0.3 is 0 Å². The molecular formula is C23H36N4O2. The molecule has 0 bridgehead atoms. The van der Waals surface area contributed by atoms with Gasteiger partial charge in [0.1, 0.15) is 5.82 Å². The van der Waals surface area contributed by atoms with E-state index in [0.717, 1.165) is 76.3 Å². The van der Waals surface area contributed by atoms with Gasteiger partial charge < -0.3 is 4.90 Å². The van der Waals surface area contributed by atoms with Gasteiger partial charge in [0.05, 0.1) is 12.2 Å². The highest BCUT2D eigenvalue weighted by atomic mass is 16.2. The van der Waals surface area contributed by atoms with Crippen molar-refractivity contribution in [2.24, 2.45) is 11.8 Å². The molecule has 0 spiro atoms. The molecule has 0 saturated carbocycles. The third-order valence-electron chi connectivity index (χ3n) is 6.89. The highest BCUT2D eigenvalue weighted by molar-refractivity contribution is 5.78. The van der Waals surface area contributed by atoms with E-state index in [0.29, 0.717) is 18.4 Å². The molecule has 1 aromatic heterocycles. The SMILES string of the molecule is C[C@@H]1C[C@H](C)CN(C(=O)CN2CCC[C@@H](c3cc(=O)n4c(n3)CCCCC4)C2)C1. The lowest BCUT2D eigenvalue weighted by Crippen LogP contribution is -2.48. The van der Waals surface area contributed by atoms with Gasteiger partial charge in [0, 0.05) is 44.6 Å². The summed E-state index contributed by atoms with van der Waals surface area (Å²) in [6.45, 7) is 9.38. The maximum Gasteiger partial charge on any atom is 0.253 e. The van der Waals surface area contributed by atoms with Crippen LogP contribution in [-0.4, -0.2) is 58.0 Å². The molecule has 160 valence electrons. The second-order valence-electron chi connectivity index (χ2n) is 9.72. The Kier molecular flexibility index (Phi) is 6.38. The second-order valence-corrected chi connectivity index (χ2v) is 9.72. The molecule has 0 unspecified atom stereocenters. The Hall–Kier alpha value is -1.69. The maximum atomic E-state index is 12.9. The summed E-state index contributed by atoms with van der Waals surface area (Å²) < 4.78 is 1.87. The fraction of sp³-hybridized carbons (Fsp3) is 0.783. The van der Waals surface area contributed by atoms with Crippen LogP contribution < -0.4 is 5.56 Å². The fourth-order valence-corrected chi connectivity index (χ4v) is 5.54. The van der Waals surface area contributed by atoms with E-state index in [9.17, 15) is 9.59 Å². The number of fused-ring (bicyclic) bond motifs is 1. The van der Waals surface area contributed by atoms with Gasteiger partial charge in [-0.05, 0) is 50.5 Å². The number of hydrogen-bond acceptors (Lipinski definition) is 4. The molecule has 3 aliphatic heterocycles. The summed E-state index contributed by atoms with van der Waals surface area (Å²) in [5.41, 5.74) is 1.05. The van der Waals surface area contributed by atoms with Crippen molar-refractivity contribution in [2.75, 3.05) is 32.7 Å². The van der Waals surface area contributed by atoms with Crippen LogP contribution in [0.2, 0.25) is 0 Å². The number of aryl methyl sites for hydroxylation is 1. The zero-order valence-electron chi connectivity index (χ0n) is 18.1. The average molecular weight is 401 g/mol. The summed E-state index contributed by atoms with van der Waals surface area (Å²) in [4.78, 5) is 34.8. The minimum atomic E-state index is 0.108. The third kappa shape index (κ3) is 4.90. The first-order valence-electron chi connectivity index (χ1n) is 11.6. The topological polar surface area (TPSA) is 58.4 Å². The summed E-state index contributed by atoms with van der Waals surface area (Å²) in [6.07, 6.45) is 7.60. The molecule has 6 nitrogen and oxygen atoms in total. The standard InChI is InChI=1S/C23H36N4O2/c1-17-11-18(2)14-26(13-17)23(29)16-25-9-6-7-19(15-25)20-12-22(28)27-10-5-3-4-8-21(27)24-20/h12,17-19H,3-11,13-16H2,1-2H3/t17-,18+,19-/m1/s1. The molecule has 4 rings (SSSR count). The number of carbonyl (C=O) groups excluding carboxylic acids is 1. The fourth-order valence-electron chi connectivity index (χ4n) is 5.54. The molecule has 0 radical (unpaired) electrons. The monoisotopic (exact) mass is 400 g/mol. The van der Waals surface area contributed by atoms with Crippen LogP contribution in [0.4, 0.5) is 0 Å². The summed E-state index contributed by atoms with van der Waals surface area (Å²) in [7, 11) is 0. The van der Waals surface area contributed by atoms with Gasteiger partial charge in [0.15, 0.2) is 0 Å². The Labute approximate surface area is 174 Å². The maximum absolute atomic E-state index is 12.9. The first-order chi connectivity index (χ1) is 14.0. The predicted molar refractivity (Wildman–Crippen MR) is 114 cm³/mol. The zero-order valence-corrected chi connectivity index (χ0v) is 18.1. The number of piperidine rings is 2. The van der Waals surface area contributed by atoms with Crippen LogP contribution in [0.3, 0.4) is 0 Å². The number of likely N-dealkylation sites (tertiary alicyclic amines) is 2. The van der Waals surface area contributed by atoms with Crippen molar-refractivity contribution in [1.82, 2.24) is 19.4 Å². The molecule has 3 aliphatic rings. The zero-order chi connectivity index (χ0) is 20.4. The molecule has 6 heteroatoms. The van der Waals surface area contributed by atoms with E-state index in [-0.39, 0.29) is 17.4 Å². The molecule has 4 heterocycles. The molecule has 0 aromatic carbocycles. The highest BCUT2D eigenvalue weighted by Gasteiger charge is 2.29. The van der Waals surface area contributed by atoms with Gasteiger partial charge in [-0.3, -0.25) is 19.1 Å². The van der Waals surface area contributed by atoms with Gasteiger partial charge in [-0.1, -0.05) is 20.3 Å². The van der Waals surface area contributed by atoms with Crippen LogP contribution in [0.15, 0.2) is 10.9 Å². The predicted octanol–water partition coefficient (Wildman–Crippen LogP) is 2.65. The number of carbonyl (C=O) groups is 1. The third-order valence-corrected chi connectivity index (χ3v) is 6.89. The van der Waals surface area contributed by atoms with Crippen LogP contribution in [0.25, 0.3) is 0 Å². The lowest BCUT2D eigenvalue weighted by atomic mass is 9.91. The van der Waals surface area contributed by atoms with Crippen molar-refractivity contribution < 1.29 is 4.79 Å². The minimum absolute atomic E-state index is 0.108. The highest BCUT2D eigenvalue weighted by Crippen LogP contribution is 2.26. The van der Waals surface area contributed by atoms with E-state index < -0.39 is 0 Å². The van der Waals surface area contributed by atoms with Gasteiger partial charge in [-0.25, -0.2) is 4.98 Å². The van der Waals surface area contributed by atoms with Crippen LogP contribution in [0, 0.1) is 11.8 Å². The quantitative estimate of drug-likeness (QED) is 0.783. The Morgan fingerprint density at radius 2 is 1.86 bits per heavy atom. The summed E-state index contributed by atoms with van der Waals surface area (Å²) in [6, 6.07) is 1.76. The van der Waals surface area contributed by atoms with E-state index in [1.54, 1.807) is 6.07 Å². The number of hydrogen-bond donors (Lipinski definition) is 0. The Balaban J connectivity index is 1.42. The van der Waals surface area contributed by atoms with E-state index in [1.165, 1.54) is 12.8 Å². The van der Waals surface area contributed by atoms with Crippen molar-refractivity contribution >= 4 is 5.91 Å². The Morgan fingerprint density at radius 3 is 2.66 bits per heavy atom. The van der Waals surface area contributed by atoms with E-state index in [4.69, 9.17) is 4.98 Å². The Morgan fingerprint density at radius 1 is 1.07 bits per heavy atom. The lowest BCUT2D eigenvalue weighted by Gasteiger charge is -2.38. The van der Waals surface area contributed by atoms with E-state index >= 15 is 0 Å². The first kappa shape index (κ1) is 20.6. The van der Waals surface area contributed by atoms with Gasteiger partial charge in [0.25, 0.3) is 5.56 Å². The van der Waals surface area contributed by atoms with Crippen molar-refractivity contribution in [3.05, 3.63) is 27.9 Å². The van der Waals surface area contributed by atoms with Crippen LogP contribution in [0.5, 0.6) is 0 Å². The van der Waals surface area contributed by atoms with E-state index in [2.05, 4.69) is 23.6 Å². The summed E-state index contributed by atoms with van der Waals surface area (Å²) >= 11 is 0. The number of rotatable bonds is 3. The van der Waals surface area contributed by atoms with Gasteiger partial charge in [-0.2, -0.15) is 0 Å². The summed E-state index contributed by atoms with van der Waals surface area (Å²) in [5, 5.41) is 0. The largest absolute Gasteiger partial charge is 0.341 e. The molecule has 2 saturated heterocycles. The van der Waals surface area contributed by atoms with Crippen molar-refractivity contribution in [3.63, 3.8) is 0 Å². The summed E-state index contributed by atoms with van der Waals surface area (Å²) in [5.74, 6) is 2.67. The van der Waals surface area contributed by atoms with Crippen LogP contribution in [-0.2, 0) is 17.8 Å². The number of aromatic nitrogens is 2. The molecule has 0 aliphatic carbocycles. The number of nitrogens with zero attached hydrogens (tertiary/aromatic N) is 4. The van der Waals surface area contributed by atoms with Crippen LogP contribution >= 0.6 is 0 Å². The number of amides is 1. The molecule has 1 aromatic rings. The van der Waals surface area contributed by atoms with Crippen molar-refractivity contribution in [3.8, 4) is 0 Å². The van der Waals surface area contributed by atoms with Crippen molar-refractivity contribution in [1.29, 1.82) is 0 Å². The minimum Gasteiger partial charge on any atom is -0.341 e. The smallest absolute Gasteiger partial charge is 0.253 e. The molecule has 3 atom stereocenters. The van der Waals surface area contributed by atoms with E-state index in [1.807, 2.05) is 4.57 Å². The van der Waals surface area contributed by atoms with Gasteiger partial charge in [0.2, 0.25) is 5.91 Å².